The molecule has 1 aromatic carbocycles. The Morgan fingerprint density at radius 1 is 1.29 bits per heavy atom. The SMILES string of the molecule is O=C1CN(CC(O)c2ccc(Cl)cc2)C2CCCCC2N1. The molecule has 2 N–H and O–H groups in total. The van der Waals surface area contributed by atoms with E-state index in [-0.39, 0.29) is 11.9 Å². The third-order valence-corrected chi connectivity index (χ3v) is 4.81. The molecule has 0 bridgehead atoms. The van der Waals surface area contributed by atoms with Gasteiger partial charge in [-0.15, -0.1) is 0 Å². The van der Waals surface area contributed by atoms with Crippen molar-refractivity contribution in [1.82, 2.24) is 10.2 Å². The van der Waals surface area contributed by atoms with Crippen LogP contribution >= 0.6 is 11.6 Å². The number of hydrogen-bond acceptors (Lipinski definition) is 3. The summed E-state index contributed by atoms with van der Waals surface area (Å²) in [5, 5.41) is 14.2. The predicted molar refractivity (Wildman–Crippen MR) is 82.2 cm³/mol. The first kappa shape index (κ1) is 14.8. The van der Waals surface area contributed by atoms with Gasteiger partial charge in [0, 0.05) is 23.7 Å². The number of hydrogen-bond donors (Lipinski definition) is 2. The highest BCUT2D eigenvalue weighted by Gasteiger charge is 2.36. The fourth-order valence-corrected chi connectivity index (χ4v) is 3.61. The number of halogens is 1. The molecule has 3 rings (SSSR count). The minimum atomic E-state index is -0.587. The third-order valence-electron chi connectivity index (χ3n) is 4.55. The van der Waals surface area contributed by atoms with Gasteiger partial charge in [-0.1, -0.05) is 36.6 Å². The lowest BCUT2D eigenvalue weighted by Gasteiger charge is -2.44. The van der Waals surface area contributed by atoms with Gasteiger partial charge in [0.1, 0.15) is 0 Å². The fraction of sp³-hybridized carbons (Fsp3) is 0.562. The Labute approximate surface area is 130 Å². The van der Waals surface area contributed by atoms with Gasteiger partial charge in [0.05, 0.1) is 12.6 Å². The Morgan fingerprint density at radius 3 is 2.76 bits per heavy atom. The molecule has 21 heavy (non-hydrogen) atoms. The standard InChI is InChI=1S/C16H21ClN2O2/c17-12-7-5-11(6-8-12)15(20)9-19-10-16(21)18-13-3-1-2-4-14(13)19/h5-8,13-15,20H,1-4,9-10H2,(H,18,21). The van der Waals surface area contributed by atoms with Gasteiger partial charge in [0.2, 0.25) is 5.91 Å². The van der Waals surface area contributed by atoms with Gasteiger partial charge in [0.25, 0.3) is 0 Å². The van der Waals surface area contributed by atoms with Crippen LogP contribution in [0.25, 0.3) is 0 Å². The number of fused-ring (bicyclic) bond motifs is 1. The third kappa shape index (κ3) is 3.39. The quantitative estimate of drug-likeness (QED) is 0.899. The number of benzene rings is 1. The number of amides is 1. The van der Waals surface area contributed by atoms with Crippen LogP contribution in [0.1, 0.15) is 37.4 Å². The van der Waals surface area contributed by atoms with E-state index in [0.29, 0.717) is 24.2 Å². The zero-order valence-corrected chi connectivity index (χ0v) is 12.7. The van der Waals surface area contributed by atoms with Crippen molar-refractivity contribution < 1.29 is 9.90 Å². The maximum atomic E-state index is 11.8. The highest BCUT2D eigenvalue weighted by Crippen LogP contribution is 2.27. The van der Waals surface area contributed by atoms with Crippen LogP contribution in [0.4, 0.5) is 0 Å². The van der Waals surface area contributed by atoms with E-state index in [1.54, 1.807) is 12.1 Å². The number of aliphatic hydroxyl groups is 1. The van der Waals surface area contributed by atoms with E-state index >= 15 is 0 Å². The van der Waals surface area contributed by atoms with Crippen molar-refractivity contribution >= 4 is 17.5 Å². The van der Waals surface area contributed by atoms with Crippen molar-refractivity contribution in [3.63, 3.8) is 0 Å². The monoisotopic (exact) mass is 308 g/mol. The molecule has 1 saturated heterocycles. The minimum absolute atomic E-state index is 0.0708. The Morgan fingerprint density at radius 2 is 2.00 bits per heavy atom. The highest BCUT2D eigenvalue weighted by atomic mass is 35.5. The molecule has 1 aliphatic carbocycles. The van der Waals surface area contributed by atoms with Crippen molar-refractivity contribution in [3.8, 4) is 0 Å². The Bertz CT molecular complexity index is 506. The van der Waals surface area contributed by atoms with Crippen LogP contribution in [0.5, 0.6) is 0 Å². The number of piperazine rings is 1. The topological polar surface area (TPSA) is 52.6 Å². The molecule has 4 nitrogen and oxygen atoms in total. The van der Waals surface area contributed by atoms with Gasteiger partial charge in [-0.25, -0.2) is 0 Å². The van der Waals surface area contributed by atoms with Crippen molar-refractivity contribution in [1.29, 1.82) is 0 Å². The number of rotatable bonds is 3. The average Bonchev–Trinajstić information content (AvgIpc) is 2.47. The summed E-state index contributed by atoms with van der Waals surface area (Å²) in [6.45, 7) is 0.877. The molecule has 1 aromatic rings. The summed E-state index contributed by atoms with van der Waals surface area (Å²) in [6.07, 6.45) is 3.93. The molecule has 1 amide bonds. The molecule has 1 heterocycles. The van der Waals surface area contributed by atoms with E-state index < -0.39 is 6.10 Å². The summed E-state index contributed by atoms with van der Waals surface area (Å²) in [7, 11) is 0. The van der Waals surface area contributed by atoms with Crippen molar-refractivity contribution in [2.45, 2.75) is 43.9 Å². The van der Waals surface area contributed by atoms with Crippen LogP contribution in [0, 0.1) is 0 Å². The van der Waals surface area contributed by atoms with E-state index in [1.807, 2.05) is 12.1 Å². The zero-order chi connectivity index (χ0) is 14.8. The van der Waals surface area contributed by atoms with Gasteiger partial charge in [0.15, 0.2) is 0 Å². The molecule has 2 aliphatic rings. The molecule has 1 aliphatic heterocycles. The molecular weight excluding hydrogens is 288 g/mol. The van der Waals surface area contributed by atoms with E-state index in [2.05, 4.69) is 10.2 Å². The summed E-state index contributed by atoms with van der Waals surface area (Å²) in [5.41, 5.74) is 0.845. The van der Waals surface area contributed by atoms with Gasteiger partial charge in [-0.05, 0) is 30.5 Å². The largest absolute Gasteiger partial charge is 0.387 e. The van der Waals surface area contributed by atoms with Crippen molar-refractivity contribution in [2.24, 2.45) is 0 Å². The predicted octanol–water partition coefficient (Wildman–Crippen LogP) is 2.12. The maximum Gasteiger partial charge on any atom is 0.234 e. The molecule has 0 spiro atoms. The maximum absolute atomic E-state index is 11.8. The summed E-state index contributed by atoms with van der Waals surface area (Å²) in [6, 6.07) is 7.86. The molecule has 2 fully saturated rings. The number of nitrogens with one attached hydrogen (secondary N) is 1. The molecule has 114 valence electrons. The smallest absolute Gasteiger partial charge is 0.234 e. The van der Waals surface area contributed by atoms with Gasteiger partial charge in [-0.3, -0.25) is 9.69 Å². The van der Waals surface area contributed by atoms with Crippen molar-refractivity contribution in [3.05, 3.63) is 34.9 Å². The molecule has 0 radical (unpaired) electrons. The van der Waals surface area contributed by atoms with Gasteiger partial charge in [-0.2, -0.15) is 0 Å². The van der Waals surface area contributed by atoms with Gasteiger partial charge < -0.3 is 10.4 Å². The molecule has 3 unspecified atom stereocenters. The summed E-state index contributed by atoms with van der Waals surface area (Å²) in [5.74, 6) is 0.0708. The van der Waals surface area contributed by atoms with E-state index in [1.165, 1.54) is 12.8 Å². The van der Waals surface area contributed by atoms with Crippen LogP contribution in [-0.2, 0) is 4.79 Å². The summed E-state index contributed by atoms with van der Waals surface area (Å²) >= 11 is 5.87. The van der Waals surface area contributed by atoms with Crippen molar-refractivity contribution in [2.75, 3.05) is 13.1 Å². The molecule has 5 heteroatoms. The fourth-order valence-electron chi connectivity index (χ4n) is 3.48. The number of carbonyl (C=O) groups excluding carboxylic acids is 1. The minimum Gasteiger partial charge on any atom is -0.387 e. The van der Waals surface area contributed by atoms with Crippen LogP contribution in [0.3, 0.4) is 0 Å². The van der Waals surface area contributed by atoms with Crippen LogP contribution in [0.15, 0.2) is 24.3 Å². The molecule has 1 saturated carbocycles. The van der Waals surface area contributed by atoms with Crippen LogP contribution in [-0.4, -0.2) is 41.1 Å². The van der Waals surface area contributed by atoms with Crippen LogP contribution < -0.4 is 5.32 Å². The average molecular weight is 309 g/mol. The first-order valence-corrected chi connectivity index (χ1v) is 7.98. The number of nitrogens with zero attached hydrogens (tertiary/aromatic N) is 1. The molecule has 0 aromatic heterocycles. The number of β-amino-alcohol motifs (C(OH)–C–C–N with tert-alkyl or cyclic N) is 1. The summed E-state index contributed by atoms with van der Waals surface area (Å²) < 4.78 is 0. The Kier molecular flexibility index (Phi) is 4.48. The number of carbonyl (C=O) groups is 1. The first-order valence-electron chi connectivity index (χ1n) is 7.60. The van der Waals surface area contributed by atoms with Crippen LogP contribution in [0.2, 0.25) is 5.02 Å². The lowest BCUT2D eigenvalue weighted by atomic mass is 9.87. The normalized spacial score (nSPS) is 27.8. The Balaban J connectivity index is 1.69. The second-order valence-corrected chi connectivity index (χ2v) is 6.46. The van der Waals surface area contributed by atoms with E-state index in [9.17, 15) is 9.90 Å². The molecule has 3 atom stereocenters. The highest BCUT2D eigenvalue weighted by molar-refractivity contribution is 6.30. The van der Waals surface area contributed by atoms with Gasteiger partial charge >= 0.3 is 0 Å². The molecular formula is C16H21ClN2O2. The second-order valence-electron chi connectivity index (χ2n) is 6.02. The van der Waals surface area contributed by atoms with E-state index in [0.717, 1.165) is 18.4 Å². The second kappa shape index (κ2) is 6.34. The lowest BCUT2D eigenvalue weighted by molar-refractivity contribution is -0.129. The first-order chi connectivity index (χ1) is 10.1. The zero-order valence-electron chi connectivity index (χ0n) is 12.0. The lowest BCUT2D eigenvalue weighted by Crippen LogP contribution is -2.62. The number of aliphatic hydroxyl groups excluding tert-OH is 1. The van der Waals surface area contributed by atoms with E-state index in [4.69, 9.17) is 11.6 Å². The Hall–Kier alpha value is -1.10. The summed E-state index contributed by atoms with van der Waals surface area (Å²) in [4.78, 5) is 14.0.